The summed E-state index contributed by atoms with van der Waals surface area (Å²) in [6, 6.07) is 4.16. The molecular formula is C23H20F6N4O. The number of aromatic nitrogens is 3. The smallest absolute Gasteiger partial charge is 0.320 e. The van der Waals surface area contributed by atoms with Gasteiger partial charge in [0, 0.05) is 42.3 Å². The molecule has 0 radical (unpaired) electrons. The van der Waals surface area contributed by atoms with Gasteiger partial charge in [0.25, 0.3) is 5.91 Å². The van der Waals surface area contributed by atoms with Crippen LogP contribution in [0.5, 0.6) is 0 Å². The van der Waals surface area contributed by atoms with E-state index in [-0.39, 0.29) is 39.2 Å². The maximum atomic E-state index is 14.6. The zero-order valence-electron chi connectivity index (χ0n) is 17.9. The maximum absolute atomic E-state index is 14.6. The summed E-state index contributed by atoms with van der Waals surface area (Å²) < 4.78 is 82.5. The van der Waals surface area contributed by atoms with Gasteiger partial charge in [0.1, 0.15) is 11.6 Å². The Kier molecular flexibility index (Phi) is 6.37. The molecule has 0 spiro atoms. The molecule has 0 saturated heterocycles. The minimum Gasteiger partial charge on any atom is -0.320 e. The Labute approximate surface area is 190 Å². The van der Waals surface area contributed by atoms with E-state index in [0.717, 1.165) is 30.6 Å². The van der Waals surface area contributed by atoms with Gasteiger partial charge in [-0.15, -0.1) is 0 Å². The van der Waals surface area contributed by atoms with Gasteiger partial charge in [-0.05, 0) is 36.6 Å². The van der Waals surface area contributed by atoms with Gasteiger partial charge < -0.3 is 5.32 Å². The second-order valence-corrected chi connectivity index (χ2v) is 8.37. The fraction of sp³-hybridized carbons (Fsp3) is 0.348. The number of hydrogen-bond donors (Lipinski definition) is 1. The standard InChI is InChI=1S/C23H20F6N4O/c1-12-9-23(28,29)6-4-15(12)19-20(32-21(34)13-10-31-33(11-13)22(26)27)16(5-7-30-19)17-8-14(24)2-3-18(17)25/h2-3,5,7-8,10-12,15,22H,4,6,9H2,1H3,(H,32,34)/t12-,15-/m1/s1. The Balaban J connectivity index is 1.80. The van der Waals surface area contributed by atoms with E-state index in [9.17, 15) is 31.1 Å². The topological polar surface area (TPSA) is 59.8 Å². The molecule has 2 atom stereocenters. The number of halogens is 6. The largest absolute Gasteiger partial charge is 0.333 e. The number of amides is 1. The summed E-state index contributed by atoms with van der Waals surface area (Å²) in [6.45, 7) is -1.33. The second-order valence-electron chi connectivity index (χ2n) is 8.37. The van der Waals surface area contributed by atoms with Crippen LogP contribution < -0.4 is 5.32 Å². The molecule has 2 aromatic heterocycles. The van der Waals surface area contributed by atoms with Crippen LogP contribution in [-0.2, 0) is 0 Å². The Hall–Kier alpha value is -3.37. The first-order chi connectivity index (χ1) is 16.1. The van der Waals surface area contributed by atoms with Crippen LogP contribution in [0.4, 0.5) is 32.0 Å². The number of benzene rings is 1. The molecule has 5 nitrogen and oxygen atoms in total. The van der Waals surface area contributed by atoms with Crippen LogP contribution in [-0.4, -0.2) is 26.6 Å². The molecule has 1 fully saturated rings. The lowest BCUT2D eigenvalue weighted by molar-refractivity contribution is -0.0558. The quantitative estimate of drug-likeness (QED) is 0.428. The minimum atomic E-state index is -2.96. The monoisotopic (exact) mass is 482 g/mol. The third kappa shape index (κ3) is 4.78. The highest BCUT2D eigenvalue weighted by atomic mass is 19.3. The summed E-state index contributed by atoms with van der Waals surface area (Å²) in [6.07, 6.45) is 2.37. The third-order valence-corrected chi connectivity index (χ3v) is 5.98. The molecule has 1 aliphatic rings. The number of anilines is 1. The summed E-state index contributed by atoms with van der Waals surface area (Å²) >= 11 is 0. The van der Waals surface area contributed by atoms with E-state index in [4.69, 9.17) is 0 Å². The van der Waals surface area contributed by atoms with Crippen molar-refractivity contribution in [1.82, 2.24) is 14.8 Å². The lowest BCUT2D eigenvalue weighted by Crippen LogP contribution is -2.31. The Morgan fingerprint density at radius 2 is 1.97 bits per heavy atom. The van der Waals surface area contributed by atoms with Gasteiger partial charge >= 0.3 is 6.55 Å². The lowest BCUT2D eigenvalue weighted by Gasteiger charge is -2.34. The number of hydrogen-bond acceptors (Lipinski definition) is 3. The number of carbonyl (C=O) groups excluding carboxylic acids is 1. The molecule has 1 aromatic carbocycles. The predicted octanol–water partition coefficient (Wildman–Crippen LogP) is 6.41. The van der Waals surface area contributed by atoms with Crippen LogP contribution in [0.1, 0.15) is 54.7 Å². The number of rotatable bonds is 5. The fourth-order valence-corrected chi connectivity index (χ4v) is 4.34. The van der Waals surface area contributed by atoms with Crippen LogP contribution in [0.2, 0.25) is 0 Å². The first-order valence-electron chi connectivity index (χ1n) is 10.5. The van der Waals surface area contributed by atoms with E-state index in [1.165, 1.54) is 12.3 Å². The highest BCUT2D eigenvalue weighted by Crippen LogP contribution is 2.47. The molecule has 1 N–H and O–H groups in total. The van der Waals surface area contributed by atoms with Gasteiger partial charge in [-0.25, -0.2) is 22.2 Å². The van der Waals surface area contributed by atoms with Crippen molar-refractivity contribution in [2.45, 2.75) is 44.6 Å². The van der Waals surface area contributed by atoms with Crippen molar-refractivity contribution in [3.63, 3.8) is 0 Å². The predicted molar refractivity (Wildman–Crippen MR) is 112 cm³/mol. The van der Waals surface area contributed by atoms with E-state index in [2.05, 4.69) is 15.4 Å². The van der Waals surface area contributed by atoms with Gasteiger partial charge in [-0.1, -0.05) is 6.92 Å². The van der Waals surface area contributed by atoms with Crippen LogP contribution in [0.3, 0.4) is 0 Å². The molecule has 0 bridgehead atoms. The van der Waals surface area contributed by atoms with Crippen molar-refractivity contribution in [3.05, 3.63) is 65.7 Å². The van der Waals surface area contributed by atoms with Crippen molar-refractivity contribution in [2.75, 3.05) is 5.32 Å². The molecule has 0 aliphatic heterocycles. The Morgan fingerprint density at radius 1 is 1.21 bits per heavy atom. The number of pyridine rings is 1. The molecule has 11 heteroatoms. The summed E-state index contributed by atoms with van der Waals surface area (Å²) in [7, 11) is 0. The van der Waals surface area contributed by atoms with Gasteiger partial charge in [0.2, 0.25) is 5.92 Å². The molecular weight excluding hydrogens is 462 g/mol. The average molecular weight is 482 g/mol. The van der Waals surface area contributed by atoms with Crippen molar-refractivity contribution in [2.24, 2.45) is 5.92 Å². The summed E-state index contributed by atoms with van der Waals surface area (Å²) in [5.41, 5.74) is -0.0521. The minimum absolute atomic E-state index is 0.00358. The van der Waals surface area contributed by atoms with E-state index in [1.54, 1.807) is 6.92 Å². The zero-order valence-corrected chi connectivity index (χ0v) is 17.9. The molecule has 1 amide bonds. The van der Waals surface area contributed by atoms with Crippen molar-refractivity contribution < 1.29 is 31.1 Å². The van der Waals surface area contributed by atoms with Crippen molar-refractivity contribution in [1.29, 1.82) is 0 Å². The van der Waals surface area contributed by atoms with E-state index in [0.29, 0.717) is 0 Å². The summed E-state index contributed by atoms with van der Waals surface area (Å²) in [5.74, 6) is -6.21. The second kappa shape index (κ2) is 9.11. The summed E-state index contributed by atoms with van der Waals surface area (Å²) in [5, 5.41) is 5.98. The number of nitrogens with one attached hydrogen (secondary N) is 1. The molecule has 0 unspecified atom stereocenters. The van der Waals surface area contributed by atoms with Crippen LogP contribution in [0.25, 0.3) is 11.1 Å². The van der Waals surface area contributed by atoms with E-state index >= 15 is 0 Å². The van der Waals surface area contributed by atoms with Crippen LogP contribution >= 0.6 is 0 Å². The zero-order chi connectivity index (χ0) is 24.6. The molecule has 1 saturated carbocycles. The van der Waals surface area contributed by atoms with Crippen molar-refractivity contribution >= 4 is 11.6 Å². The number of nitrogens with zero attached hydrogens (tertiary/aromatic N) is 3. The third-order valence-electron chi connectivity index (χ3n) is 5.98. The van der Waals surface area contributed by atoms with Crippen LogP contribution in [0.15, 0.2) is 42.9 Å². The molecule has 34 heavy (non-hydrogen) atoms. The van der Waals surface area contributed by atoms with Gasteiger partial charge in [-0.3, -0.25) is 9.78 Å². The molecule has 2 heterocycles. The Morgan fingerprint density at radius 3 is 2.65 bits per heavy atom. The van der Waals surface area contributed by atoms with Gasteiger partial charge in [0.05, 0.1) is 23.1 Å². The molecule has 1 aliphatic carbocycles. The number of alkyl halides is 4. The first-order valence-corrected chi connectivity index (χ1v) is 10.5. The average Bonchev–Trinajstić information content (AvgIpc) is 3.26. The Bertz CT molecular complexity index is 1210. The maximum Gasteiger partial charge on any atom is 0.333 e. The molecule has 4 rings (SSSR count). The molecule has 180 valence electrons. The van der Waals surface area contributed by atoms with Crippen LogP contribution in [0, 0.1) is 17.6 Å². The molecule has 3 aromatic rings. The number of carbonyl (C=O) groups is 1. The fourth-order valence-electron chi connectivity index (χ4n) is 4.34. The van der Waals surface area contributed by atoms with E-state index < -0.39 is 54.7 Å². The van der Waals surface area contributed by atoms with Gasteiger partial charge in [-0.2, -0.15) is 13.9 Å². The first kappa shape index (κ1) is 23.8. The van der Waals surface area contributed by atoms with Crippen molar-refractivity contribution in [3.8, 4) is 11.1 Å². The normalized spacial score (nSPS) is 19.9. The SMILES string of the molecule is C[C@@H]1CC(F)(F)CC[C@H]1c1nccc(-c2cc(F)ccc2F)c1NC(=O)c1cnn(C(F)F)c1. The van der Waals surface area contributed by atoms with Gasteiger partial charge in [0.15, 0.2) is 0 Å². The highest BCUT2D eigenvalue weighted by molar-refractivity contribution is 6.06. The summed E-state index contributed by atoms with van der Waals surface area (Å²) in [4.78, 5) is 17.2. The highest BCUT2D eigenvalue weighted by Gasteiger charge is 2.41. The van der Waals surface area contributed by atoms with E-state index in [1.807, 2.05) is 0 Å². The lowest BCUT2D eigenvalue weighted by atomic mass is 9.75.